The van der Waals surface area contributed by atoms with Crippen LogP contribution < -0.4 is 0 Å². The average Bonchev–Trinajstić information content (AvgIpc) is 2.11. The maximum absolute atomic E-state index is 6.78. The fourth-order valence-corrected chi connectivity index (χ4v) is 10.4. The molecule has 1 aliphatic rings. The molecule has 1 saturated heterocycles. The first-order valence-corrected chi connectivity index (χ1v) is 17.6. The summed E-state index contributed by atoms with van der Waals surface area (Å²) in [6.45, 7) is 22.2. The second-order valence-electron chi connectivity index (χ2n) is 8.22. The van der Waals surface area contributed by atoms with E-state index in [4.69, 9.17) is 13.6 Å². The molecule has 0 aliphatic carbocycles. The topological polar surface area (TPSA) is 27.7 Å². The minimum atomic E-state index is -2.14. The molecule has 0 aromatic heterocycles. The van der Waals surface area contributed by atoms with Crippen molar-refractivity contribution in [2.75, 3.05) is 13.2 Å². The highest BCUT2D eigenvalue weighted by Gasteiger charge is 2.55. The standard InChI is InChI=1S/C13H32O3Si3/c1-12-10-14-11-13(2,17(3,4)5)16-19(9,15-12)18(6,7)8/h12H,10-11H2,1-9H3. The monoisotopic (exact) mass is 320 g/mol. The quantitative estimate of drug-likeness (QED) is 0.728. The minimum Gasteiger partial charge on any atom is -0.392 e. The van der Waals surface area contributed by atoms with E-state index in [1.165, 1.54) is 0 Å². The lowest BCUT2D eigenvalue weighted by atomic mass is 10.4. The van der Waals surface area contributed by atoms with E-state index in [1.54, 1.807) is 0 Å². The lowest BCUT2D eigenvalue weighted by Crippen LogP contribution is -2.70. The van der Waals surface area contributed by atoms with E-state index in [9.17, 15) is 0 Å². The summed E-state index contributed by atoms with van der Waals surface area (Å²) in [6.07, 6.45) is 0.148. The molecule has 1 fully saturated rings. The zero-order chi connectivity index (χ0) is 15.1. The first kappa shape index (κ1) is 17.6. The molecule has 0 amide bonds. The molecule has 114 valence electrons. The molecule has 3 atom stereocenters. The van der Waals surface area contributed by atoms with Gasteiger partial charge in [0.05, 0.1) is 32.6 Å². The van der Waals surface area contributed by atoms with Gasteiger partial charge in [0.25, 0.3) is 0 Å². The first-order chi connectivity index (χ1) is 8.31. The number of hydrogen-bond acceptors (Lipinski definition) is 3. The fourth-order valence-electron chi connectivity index (χ4n) is 2.02. The maximum Gasteiger partial charge on any atom is 0.313 e. The van der Waals surface area contributed by atoms with Crippen molar-refractivity contribution in [3.05, 3.63) is 0 Å². The van der Waals surface area contributed by atoms with E-state index in [2.05, 4.69) is 59.7 Å². The third kappa shape index (κ3) is 3.79. The van der Waals surface area contributed by atoms with E-state index in [1.807, 2.05) is 0 Å². The average molecular weight is 321 g/mol. The molecule has 0 spiro atoms. The van der Waals surface area contributed by atoms with Crippen molar-refractivity contribution in [3.8, 4) is 0 Å². The Hall–Kier alpha value is 0.531. The molecule has 19 heavy (non-hydrogen) atoms. The van der Waals surface area contributed by atoms with Crippen LogP contribution in [0.3, 0.4) is 0 Å². The third-order valence-corrected chi connectivity index (χ3v) is 21.4. The SMILES string of the molecule is CC1COCC(C)([Si](C)(C)C)O[Si](C)([Si](C)(C)C)O1. The molecule has 1 aliphatic heterocycles. The molecule has 1 rings (SSSR count). The zero-order valence-corrected chi connectivity index (χ0v) is 17.2. The van der Waals surface area contributed by atoms with Crippen LogP contribution in [0.15, 0.2) is 0 Å². The van der Waals surface area contributed by atoms with Gasteiger partial charge in [-0.1, -0.05) is 39.3 Å². The summed E-state index contributed by atoms with van der Waals surface area (Å²) in [5.41, 5.74) is 0. The van der Waals surface area contributed by atoms with Crippen LogP contribution in [-0.2, 0) is 13.6 Å². The Balaban J connectivity index is 3.14. The highest BCUT2D eigenvalue weighted by molar-refractivity contribution is 7.35. The minimum absolute atomic E-state index is 0.144. The summed E-state index contributed by atoms with van der Waals surface area (Å²) >= 11 is 0. The number of ether oxygens (including phenoxy) is 1. The second kappa shape index (κ2) is 5.38. The molecular weight excluding hydrogens is 288 g/mol. The van der Waals surface area contributed by atoms with Crippen molar-refractivity contribution in [2.45, 2.75) is 71.0 Å². The van der Waals surface area contributed by atoms with Crippen molar-refractivity contribution in [1.29, 1.82) is 0 Å². The van der Waals surface area contributed by atoms with Crippen LogP contribution in [0.25, 0.3) is 0 Å². The maximum atomic E-state index is 6.78. The molecule has 0 bridgehead atoms. The summed E-state index contributed by atoms with van der Waals surface area (Å²) in [5.74, 6) is 0. The highest BCUT2D eigenvalue weighted by atomic mass is 29.3. The van der Waals surface area contributed by atoms with E-state index in [-0.39, 0.29) is 11.3 Å². The predicted octanol–water partition coefficient (Wildman–Crippen LogP) is 3.56. The van der Waals surface area contributed by atoms with Crippen LogP contribution in [0.1, 0.15) is 13.8 Å². The van der Waals surface area contributed by atoms with Crippen LogP contribution in [0, 0.1) is 0 Å². The smallest absolute Gasteiger partial charge is 0.313 e. The summed E-state index contributed by atoms with van der Waals surface area (Å²) < 4.78 is 19.0. The van der Waals surface area contributed by atoms with E-state index in [0.29, 0.717) is 13.2 Å². The molecule has 0 aromatic rings. The largest absolute Gasteiger partial charge is 0.392 e. The van der Waals surface area contributed by atoms with E-state index >= 15 is 0 Å². The Morgan fingerprint density at radius 2 is 1.63 bits per heavy atom. The van der Waals surface area contributed by atoms with Gasteiger partial charge in [0.15, 0.2) is 0 Å². The van der Waals surface area contributed by atoms with Crippen LogP contribution in [0.5, 0.6) is 0 Å². The Morgan fingerprint density at radius 3 is 2.05 bits per heavy atom. The molecule has 6 heteroatoms. The summed E-state index contributed by atoms with van der Waals surface area (Å²) in [7, 11) is -5.11. The van der Waals surface area contributed by atoms with Gasteiger partial charge in [-0.05, 0) is 20.4 Å². The molecule has 3 nitrogen and oxygen atoms in total. The Morgan fingerprint density at radius 1 is 1.11 bits per heavy atom. The highest BCUT2D eigenvalue weighted by Crippen LogP contribution is 2.35. The third-order valence-electron chi connectivity index (χ3n) is 4.53. The van der Waals surface area contributed by atoms with Crippen molar-refractivity contribution in [3.63, 3.8) is 0 Å². The Labute approximate surface area is 122 Å². The van der Waals surface area contributed by atoms with Gasteiger partial charge >= 0.3 is 8.08 Å². The summed E-state index contributed by atoms with van der Waals surface area (Å²) in [6, 6.07) is 0. The predicted molar refractivity (Wildman–Crippen MR) is 89.2 cm³/mol. The normalized spacial score (nSPS) is 38.7. The van der Waals surface area contributed by atoms with Crippen molar-refractivity contribution in [1.82, 2.24) is 0 Å². The van der Waals surface area contributed by atoms with E-state index < -0.39 is 23.7 Å². The van der Waals surface area contributed by atoms with Crippen LogP contribution in [0.4, 0.5) is 0 Å². The second-order valence-corrected chi connectivity index (χ2v) is 27.8. The first-order valence-electron chi connectivity index (χ1n) is 7.26. The van der Waals surface area contributed by atoms with Crippen molar-refractivity contribution in [2.24, 2.45) is 0 Å². The molecule has 0 aromatic carbocycles. The molecule has 3 unspecified atom stereocenters. The molecule has 0 N–H and O–H groups in total. The molecular formula is C13H32O3Si3. The van der Waals surface area contributed by atoms with Gasteiger partial charge in [-0.25, -0.2) is 0 Å². The van der Waals surface area contributed by atoms with Crippen molar-refractivity contribution >= 4 is 23.7 Å². The van der Waals surface area contributed by atoms with Crippen LogP contribution >= 0.6 is 0 Å². The van der Waals surface area contributed by atoms with Gasteiger partial charge in [0.2, 0.25) is 0 Å². The van der Waals surface area contributed by atoms with Crippen LogP contribution in [0.2, 0.25) is 45.8 Å². The lowest BCUT2D eigenvalue weighted by molar-refractivity contribution is -0.0521. The molecule has 0 radical (unpaired) electrons. The lowest BCUT2D eigenvalue weighted by Gasteiger charge is -2.51. The summed E-state index contributed by atoms with van der Waals surface area (Å²) in [5, 5.41) is -0.144. The Kier molecular flexibility index (Phi) is 4.98. The van der Waals surface area contributed by atoms with Gasteiger partial charge in [-0.3, -0.25) is 0 Å². The molecule has 0 saturated carbocycles. The number of rotatable bonds is 2. The van der Waals surface area contributed by atoms with Crippen LogP contribution in [-0.4, -0.2) is 48.3 Å². The van der Waals surface area contributed by atoms with Gasteiger partial charge in [0.1, 0.15) is 7.59 Å². The van der Waals surface area contributed by atoms with Gasteiger partial charge < -0.3 is 13.6 Å². The van der Waals surface area contributed by atoms with Crippen molar-refractivity contribution < 1.29 is 13.6 Å². The summed E-state index contributed by atoms with van der Waals surface area (Å²) in [4.78, 5) is 0. The van der Waals surface area contributed by atoms with Gasteiger partial charge in [0, 0.05) is 0 Å². The zero-order valence-electron chi connectivity index (χ0n) is 14.2. The molecule has 1 heterocycles. The number of hydrogen-bond donors (Lipinski definition) is 0. The Bertz CT molecular complexity index is 324. The fraction of sp³-hybridized carbons (Fsp3) is 1.00. The van der Waals surface area contributed by atoms with E-state index in [0.717, 1.165) is 0 Å². The van der Waals surface area contributed by atoms with Gasteiger partial charge in [-0.15, -0.1) is 0 Å². The van der Waals surface area contributed by atoms with Gasteiger partial charge in [-0.2, -0.15) is 0 Å².